The van der Waals surface area contributed by atoms with Gasteiger partial charge in [-0.1, -0.05) is 51.1 Å². The van der Waals surface area contributed by atoms with Crippen molar-refractivity contribution in [2.75, 3.05) is 5.32 Å². The van der Waals surface area contributed by atoms with E-state index in [1.807, 2.05) is 35.7 Å². The summed E-state index contributed by atoms with van der Waals surface area (Å²) >= 11 is 1.43. The largest absolute Gasteiger partial charge is 0.320 e. The molecule has 21 heavy (non-hydrogen) atoms. The molecular weight excluding hydrogens is 282 g/mol. The van der Waals surface area contributed by atoms with Gasteiger partial charge in [0, 0.05) is 10.8 Å². The van der Waals surface area contributed by atoms with Gasteiger partial charge in [-0.2, -0.15) is 0 Å². The number of nitrogens with zero attached hydrogens (tertiary/aromatic N) is 1. The zero-order chi connectivity index (χ0) is 15.5. The minimum absolute atomic E-state index is 0.0222. The molecule has 1 amide bonds. The van der Waals surface area contributed by atoms with Gasteiger partial charge in [0.05, 0.1) is 11.7 Å². The minimum atomic E-state index is -0.575. The van der Waals surface area contributed by atoms with Crippen molar-refractivity contribution < 1.29 is 4.79 Å². The van der Waals surface area contributed by atoms with Crippen molar-refractivity contribution in [3.63, 3.8) is 0 Å². The molecule has 0 aliphatic rings. The minimum Gasteiger partial charge on any atom is -0.320 e. The number of aromatic nitrogens is 1. The van der Waals surface area contributed by atoms with Crippen LogP contribution in [0.1, 0.15) is 32.0 Å². The van der Waals surface area contributed by atoms with Gasteiger partial charge in [-0.25, -0.2) is 4.98 Å². The Morgan fingerprint density at radius 1 is 1.33 bits per heavy atom. The molecule has 0 spiro atoms. The maximum atomic E-state index is 12.1. The van der Waals surface area contributed by atoms with Crippen LogP contribution < -0.4 is 11.1 Å². The zero-order valence-corrected chi connectivity index (χ0v) is 13.4. The van der Waals surface area contributed by atoms with Crippen LogP contribution in [0.5, 0.6) is 0 Å². The molecule has 112 valence electrons. The molecule has 2 aromatic rings. The van der Waals surface area contributed by atoms with Crippen LogP contribution in [0.3, 0.4) is 0 Å². The molecule has 1 atom stereocenters. The fourth-order valence-electron chi connectivity index (χ4n) is 1.83. The number of hydrogen-bond donors (Lipinski definition) is 2. The maximum Gasteiger partial charge on any atom is 0.243 e. The molecule has 3 N–H and O–H groups in total. The molecule has 2 rings (SSSR count). The van der Waals surface area contributed by atoms with E-state index in [-0.39, 0.29) is 11.3 Å². The van der Waals surface area contributed by atoms with E-state index in [9.17, 15) is 4.79 Å². The lowest BCUT2D eigenvalue weighted by molar-refractivity contribution is -0.117. The fourth-order valence-corrected chi connectivity index (χ4v) is 2.77. The molecule has 1 aromatic carbocycles. The fraction of sp³-hybridized carbons (Fsp3) is 0.375. The van der Waals surface area contributed by atoms with Crippen LogP contribution in [-0.2, 0) is 16.6 Å². The first-order chi connectivity index (χ1) is 9.86. The summed E-state index contributed by atoms with van der Waals surface area (Å²) < 4.78 is 0. The standard InChI is InChI=1S/C16H21N3OS/c1-16(2,3)13-10-21-15(18-13)19-14(20)12(17)9-11-7-5-4-6-8-11/h4-8,10,12H,9,17H2,1-3H3,(H,18,19,20). The van der Waals surface area contributed by atoms with Crippen LogP contribution in [0.15, 0.2) is 35.7 Å². The average Bonchev–Trinajstić information content (AvgIpc) is 2.88. The van der Waals surface area contributed by atoms with E-state index in [0.717, 1.165) is 11.3 Å². The number of nitrogens with two attached hydrogens (primary N) is 1. The highest BCUT2D eigenvalue weighted by molar-refractivity contribution is 7.13. The van der Waals surface area contributed by atoms with Gasteiger partial charge in [0.15, 0.2) is 5.13 Å². The number of hydrogen-bond acceptors (Lipinski definition) is 4. The van der Waals surface area contributed by atoms with Crippen molar-refractivity contribution in [2.45, 2.75) is 38.6 Å². The molecule has 1 heterocycles. The topological polar surface area (TPSA) is 68.0 Å². The Morgan fingerprint density at radius 2 is 2.00 bits per heavy atom. The Kier molecular flexibility index (Phi) is 4.75. The van der Waals surface area contributed by atoms with Gasteiger partial charge in [-0.05, 0) is 12.0 Å². The highest BCUT2D eigenvalue weighted by Crippen LogP contribution is 2.26. The van der Waals surface area contributed by atoms with Crippen molar-refractivity contribution in [1.29, 1.82) is 0 Å². The maximum absolute atomic E-state index is 12.1. The van der Waals surface area contributed by atoms with E-state index in [1.54, 1.807) is 0 Å². The van der Waals surface area contributed by atoms with Crippen LogP contribution in [-0.4, -0.2) is 16.9 Å². The van der Waals surface area contributed by atoms with Crippen molar-refractivity contribution in [3.8, 4) is 0 Å². The number of thiazole rings is 1. The molecule has 0 bridgehead atoms. The molecule has 0 aliphatic carbocycles. The van der Waals surface area contributed by atoms with E-state index >= 15 is 0 Å². The predicted octanol–water partition coefficient (Wildman–Crippen LogP) is 2.95. The number of nitrogens with one attached hydrogen (secondary N) is 1. The van der Waals surface area contributed by atoms with E-state index in [1.165, 1.54) is 11.3 Å². The smallest absolute Gasteiger partial charge is 0.243 e. The van der Waals surface area contributed by atoms with Gasteiger partial charge in [-0.15, -0.1) is 11.3 Å². The van der Waals surface area contributed by atoms with Gasteiger partial charge in [0.1, 0.15) is 0 Å². The highest BCUT2D eigenvalue weighted by atomic mass is 32.1. The number of carbonyl (C=O) groups is 1. The second-order valence-corrected chi connectivity index (χ2v) is 6.93. The molecule has 1 unspecified atom stereocenters. The number of rotatable bonds is 4. The lowest BCUT2D eigenvalue weighted by atomic mass is 9.93. The summed E-state index contributed by atoms with van der Waals surface area (Å²) in [5, 5.41) is 5.37. The van der Waals surface area contributed by atoms with E-state index in [0.29, 0.717) is 11.6 Å². The third-order valence-corrected chi connectivity index (χ3v) is 3.90. The Balaban J connectivity index is 1.96. The normalized spacial score (nSPS) is 13.0. The second-order valence-electron chi connectivity index (χ2n) is 6.07. The Hall–Kier alpha value is -1.72. The predicted molar refractivity (Wildman–Crippen MR) is 87.6 cm³/mol. The molecule has 1 aromatic heterocycles. The molecule has 0 fully saturated rings. The molecule has 0 aliphatic heterocycles. The Morgan fingerprint density at radius 3 is 2.57 bits per heavy atom. The number of carbonyl (C=O) groups excluding carboxylic acids is 1. The molecule has 0 saturated heterocycles. The van der Waals surface area contributed by atoms with Gasteiger partial charge in [0.25, 0.3) is 0 Å². The third kappa shape index (κ3) is 4.37. The summed E-state index contributed by atoms with van der Waals surface area (Å²) in [4.78, 5) is 16.5. The first-order valence-corrected chi connectivity index (χ1v) is 7.80. The van der Waals surface area contributed by atoms with Crippen LogP contribution >= 0.6 is 11.3 Å². The summed E-state index contributed by atoms with van der Waals surface area (Å²) in [6.45, 7) is 6.28. The van der Waals surface area contributed by atoms with Crippen molar-refractivity contribution in [3.05, 3.63) is 47.0 Å². The number of benzene rings is 1. The summed E-state index contributed by atoms with van der Waals surface area (Å²) in [7, 11) is 0. The van der Waals surface area contributed by atoms with Crippen LogP contribution in [0.25, 0.3) is 0 Å². The summed E-state index contributed by atoms with van der Waals surface area (Å²) in [5.41, 5.74) is 7.95. The van der Waals surface area contributed by atoms with Crippen LogP contribution in [0.2, 0.25) is 0 Å². The summed E-state index contributed by atoms with van der Waals surface area (Å²) in [6, 6.07) is 9.18. The van der Waals surface area contributed by atoms with Crippen molar-refractivity contribution in [1.82, 2.24) is 4.98 Å². The van der Waals surface area contributed by atoms with Crippen molar-refractivity contribution >= 4 is 22.4 Å². The highest BCUT2D eigenvalue weighted by Gasteiger charge is 2.20. The lowest BCUT2D eigenvalue weighted by Gasteiger charge is -2.14. The Bertz CT molecular complexity index is 601. The number of anilines is 1. The zero-order valence-electron chi connectivity index (χ0n) is 12.6. The number of amides is 1. The molecule has 4 nitrogen and oxygen atoms in total. The monoisotopic (exact) mass is 303 g/mol. The molecule has 5 heteroatoms. The van der Waals surface area contributed by atoms with E-state index in [2.05, 4.69) is 31.1 Å². The Labute approximate surface area is 129 Å². The van der Waals surface area contributed by atoms with Crippen molar-refractivity contribution in [2.24, 2.45) is 5.73 Å². The van der Waals surface area contributed by atoms with Gasteiger partial charge >= 0.3 is 0 Å². The van der Waals surface area contributed by atoms with Crippen LogP contribution in [0, 0.1) is 0 Å². The van der Waals surface area contributed by atoms with Crippen LogP contribution in [0.4, 0.5) is 5.13 Å². The lowest BCUT2D eigenvalue weighted by Crippen LogP contribution is -2.37. The first-order valence-electron chi connectivity index (χ1n) is 6.92. The summed E-state index contributed by atoms with van der Waals surface area (Å²) in [5.74, 6) is -0.200. The van der Waals surface area contributed by atoms with E-state index < -0.39 is 6.04 Å². The molecule has 0 radical (unpaired) electrons. The SMILES string of the molecule is CC(C)(C)c1csc(NC(=O)C(N)Cc2ccccc2)n1. The van der Waals surface area contributed by atoms with E-state index in [4.69, 9.17) is 5.73 Å². The second kappa shape index (κ2) is 6.37. The quantitative estimate of drug-likeness (QED) is 0.912. The van der Waals surface area contributed by atoms with Gasteiger partial charge < -0.3 is 11.1 Å². The first kappa shape index (κ1) is 15.7. The third-order valence-electron chi connectivity index (χ3n) is 3.14. The molecular formula is C16H21N3OS. The van der Waals surface area contributed by atoms with Gasteiger partial charge in [0.2, 0.25) is 5.91 Å². The molecule has 0 saturated carbocycles. The summed E-state index contributed by atoms with van der Waals surface area (Å²) in [6.07, 6.45) is 0.518. The average molecular weight is 303 g/mol. The van der Waals surface area contributed by atoms with Gasteiger partial charge in [-0.3, -0.25) is 4.79 Å².